The topological polar surface area (TPSA) is 3.88 Å². The fourth-order valence-corrected chi connectivity index (χ4v) is 5.57. The van der Waals surface area contributed by atoms with Crippen molar-refractivity contribution in [3.63, 3.8) is 0 Å². The van der Waals surface area contributed by atoms with Crippen LogP contribution in [0, 0.1) is 17.8 Å². The zero-order chi connectivity index (χ0) is 10.6. The van der Waals surface area contributed by atoms with Crippen LogP contribution in [-0.2, 0) is 0 Å². The smallest absolute Gasteiger partial charge is 0.279 e. The second-order valence-corrected chi connectivity index (χ2v) is 6.75. The highest BCUT2D eigenvalue weighted by Crippen LogP contribution is 2.54. The predicted molar refractivity (Wildman–Crippen MR) is 66.5 cm³/mol. The molecule has 0 spiro atoms. The standard InChI is InChI=1S/C14H20BN/c1-2-4-16(5-3-1)15-9-12-6-13(10-15)8-14(7-12)11-15/h1-5,12-14H,6-11H2. The van der Waals surface area contributed by atoms with E-state index in [-0.39, 0.29) is 6.28 Å². The lowest BCUT2D eigenvalue weighted by molar-refractivity contribution is -0.552. The van der Waals surface area contributed by atoms with Gasteiger partial charge in [-0.3, -0.25) is 0 Å². The second kappa shape index (κ2) is 3.12. The largest absolute Gasteiger partial charge is 0.427 e. The summed E-state index contributed by atoms with van der Waals surface area (Å²) in [5, 5.41) is 0. The predicted octanol–water partition coefficient (Wildman–Crippen LogP) is 2.83. The maximum absolute atomic E-state index is 2.60. The van der Waals surface area contributed by atoms with Gasteiger partial charge in [0, 0.05) is 0 Å². The van der Waals surface area contributed by atoms with Gasteiger partial charge in [0.05, 0.1) is 0 Å². The number of nitrogens with zero attached hydrogens (tertiary/aromatic N) is 1. The first kappa shape index (κ1) is 9.27. The zero-order valence-corrected chi connectivity index (χ0v) is 9.89. The van der Waals surface area contributed by atoms with Gasteiger partial charge in [-0.05, 0) is 12.1 Å². The molecule has 84 valence electrons. The van der Waals surface area contributed by atoms with Crippen LogP contribution in [0.5, 0.6) is 0 Å². The Morgan fingerprint density at radius 1 is 0.750 bits per heavy atom. The molecule has 4 aliphatic rings. The van der Waals surface area contributed by atoms with Crippen LogP contribution in [0.25, 0.3) is 0 Å². The van der Waals surface area contributed by atoms with Crippen LogP contribution in [0.4, 0.5) is 0 Å². The molecule has 16 heavy (non-hydrogen) atoms. The zero-order valence-electron chi connectivity index (χ0n) is 9.89. The van der Waals surface area contributed by atoms with Gasteiger partial charge < -0.3 is 4.48 Å². The third-order valence-corrected chi connectivity index (χ3v) is 5.69. The Morgan fingerprint density at radius 2 is 1.25 bits per heavy atom. The van der Waals surface area contributed by atoms with Crippen molar-refractivity contribution in [3.8, 4) is 0 Å². The summed E-state index contributed by atoms with van der Waals surface area (Å²) in [6, 6.07) is 6.56. The first-order valence-electron chi connectivity index (χ1n) is 7.01. The molecule has 0 N–H and O–H groups in total. The highest BCUT2D eigenvalue weighted by Gasteiger charge is 2.53. The summed E-state index contributed by atoms with van der Waals surface area (Å²) in [6.45, 7) is 0. The van der Waals surface area contributed by atoms with E-state index < -0.39 is 0 Å². The van der Waals surface area contributed by atoms with Gasteiger partial charge >= 0.3 is 0 Å². The number of hydrogen-bond acceptors (Lipinski definition) is 0. The van der Waals surface area contributed by atoms with Crippen LogP contribution in [-0.4, -0.2) is 6.28 Å². The molecule has 0 atom stereocenters. The third kappa shape index (κ3) is 1.22. The molecule has 1 nitrogen and oxygen atoms in total. The molecule has 1 aromatic rings. The van der Waals surface area contributed by atoms with Crippen molar-refractivity contribution >= 4 is 6.28 Å². The molecule has 0 amide bonds. The monoisotopic (exact) mass is 213 g/mol. The van der Waals surface area contributed by atoms with Crippen molar-refractivity contribution in [1.82, 2.24) is 0 Å². The third-order valence-electron chi connectivity index (χ3n) is 5.69. The molecular formula is C14H20BN. The van der Waals surface area contributed by atoms with Crippen LogP contribution < -0.4 is 4.48 Å². The van der Waals surface area contributed by atoms with E-state index in [1.807, 2.05) is 0 Å². The van der Waals surface area contributed by atoms with Gasteiger partial charge in [0.2, 0.25) is 0 Å². The Labute approximate surface area is 97.8 Å². The van der Waals surface area contributed by atoms with Gasteiger partial charge in [0.25, 0.3) is 6.28 Å². The number of rotatable bonds is 1. The van der Waals surface area contributed by atoms with Gasteiger partial charge in [0.1, 0.15) is 12.4 Å². The molecule has 1 aliphatic carbocycles. The van der Waals surface area contributed by atoms with Gasteiger partial charge in [-0.25, -0.2) is 0 Å². The summed E-state index contributed by atoms with van der Waals surface area (Å²) in [5.74, 6) is 3.21. The van der Waals surface area contributed by atoms with Crippen molar-refractivity contribution < 1.29 is 4.48 Å². The molecule has 1 saturated carbocycles. The quantitative estimate of drug-likeness (QED) is 0.631. The minimum atomic E-state index is -0.217. The molecule has 0 unspecified atom stereocenters. The SMILES string of the molecule is c1cc[n+]([B-]23CC4CC(CC(C4)C2)C3)cc1. The first-order chi connectivity index (χ1) is 7.84. The van der Waals surface area contributed by atoms with Crippen molar-refractivity contribution in [2.24, 2.45) is 17.8 Å². The summed E-state index contributed by atoms with van der Waals surface area (Å²) in [5.41, 5.74) is 0. The summed E-state index contributed by atoms with van der Waals surface area (Å²) < 4.78 is 2.60. The maximum Gasteiger partial charge on any atom is 0.279 e. The van der Waals surface area contributed by atoms with Crippen LogP contribution in [0.2, 0.25) is 19.0 Å². The fourth-order valence-electron chi connectivity index (χ4n) is 5.57. The van der Waals surface area contributed by atoms with Gasteiger partial charge in [-0.15, -0.1) is 19.0 Å². The van der Waals surface area contributed by atoms with Crippen molar-refractivity contribution in [3.05, 3.63) is 30.6 Å². The minimum absolute atomic E-state index is 0.217. The minimum Gasteiger partial charge on any atom is -0.427 e. The normalized spacial score (nSPS) is 44.9. The highest BCUT2D eigenvalue weighted by atomic mass is 14.9. The Hall–Kier alpha value is -0.785. The molecule has 1 aromatic heterocycles. The van der Waals surface area contributed by atoms with Crippen LogP contribution in [0.15, 0.2) is 30.6 Å². The van der Waals surface area contributed by atoms with E-state index in [1.54, 1.807) is 19.3 Å². The van der Waals surface area contributed by atoms with Gasteiger partial charge in [-0.1, -0.05) is 43.1 Å². The summed E-state index contributed by atoms with van der Waals surface area (Å²) in [4.78, 5) is 0. The van der Waals surface area contributed by atoms with Crippen LogP contribution >= 0.6 is 0 Å². The molecule has 4 heterocycles. The molecule has 0 aromatic carbocycles. The lowest BCUT2D eigenvalue weighted by Crippen LogP contribution is -2.70. The number of hydrogen-bond donors (Lipinski definition) is 0. The lowest BCUT2D eigenvalue weighted by Gasteiger charge is -2.57. The maximum atomic E-state index is 2.60. The van der Waals surface area contributed by atoms with E-state index in [0.717, 1.165) is 17.8 Å². The molecule has 3 aliphatic heterocycles. The highest BCUT2D eigenvalue weighted by molar-refractivity contribution is 6.72. The lowest BCUT2D eigenvalue weighted by atomic mass is 9.18. The average molecular weight is 213 g/mol. The summed E-state index contributed by atoms with van der Waals surface area (Å²) in [6.07, 6.45) is 13.6. The van der Waals surface area contributed by atoms with Crippen molar-refractivity contribution in [2.45, 2.75) is 38.2 Å². The molecule has 3 saturated heterocycles. The van der Waals surface area contributed by atoms with E-state index in [2.05, 4.69) is 35.1 Å². The number of pyridine rings is 1. The molecule has 2 heteroatoms. The van der Waals surface area contributed by atoms with E-state index in [1.165, 1.54) is 19.0 Å². The molecule has 4 bridgehead atoms. The number of aromatic nitrogens is 1. The summed E-state index contributed by atoms with van der Waals surface area (Å²) >= 11 is 0. The van der Waals surface area contributed by atoms with Gasteiger partial charge in [0.15, 0.2) is 0 Å². The van der Waals surface area contributed by atoms with Crippen LogP contribution in [0.1, 0.15) is 19.3 Å². The summed E-state index contributed by atoms with van der Waals surface area (Å²) in [7, 11) is 0. The Balaban J connectivity index is 1.77. The second-order valence-electron chi connectivity index (χ2n) is 6.75. The Kier molecular flexibility index (Phi) is 1.81. The van der Waals surface area contributed by atoms with Crippen molar-refractivity contribution in [2.75, 3.05) is 0 Å². The first-order valence-corrected chi connectivity index (χ1v) is 7.01. The van der Waals surface area contributed by atoms with E-state index in [4.69, 9.17) is 0 Å². The van der Waals surface area contributed by atoms with Crippen LogP contribution in [0.3, 0.4) is 0 Å². The van der Waals surface area contributed by atoms with E-state index in [0.29, 0.717) is 0 Å². The fraction of sp³-hybridized carbons (Fsp3) is 0.643. The van der Waals surface area contributed by atoms with E-state index in [9.17, 15) is 0 Å². The molecule has 5 rings (SSSR count). The molecule has 4 fully saturated rings. The van der Waals surface area contributed by atoms with Crippen molar-refractivity contribution in [1.29, 1.82) is 0 Å². The molecule has 0 radical (unpaired) electrons. The molecular weight excluding hydrogens is 193 g/mol. The van der Waals surface area contributed by atoms with E-state index >= 15 is 0 Å². The average Bonchev–Trinajstić information content (AvgIpc) is 2.28. The van der Waals surface area contributed by atoms with Gasteiger partial charge in [-0.2, -0.15) is 0 Å². The Morgan fingerprint density at radius 3 is 1.75 bits per heavy atom. The Bertz CT molecular complexity index is 365.